The fraction of sp³-hybridized carbons (Fsp3) is 0.0612. The van der Waals surface area contributed by atoms with Crippen LogP contribution in [0, 0.1) is 0 Å². The molecule has 0 bridgehead atoms. The topological polar surface area (TPSA) is 8.17 Å². The quantitative estimate of drug-likeness (QED) is 0.180. The average Bonchev–Trinajstić information content (AvgIpc) is 3.63. The van der Waals surface area contributed by atoms with Crippen molar-refractivity contribution in [2.24, 2.45) is 0 Å². The highest BCUT2D eigenvalue weighted by Gasteiger charge is 2.35. The van der Waals surface area contributed by atoms with Crippen molar-refractivity contribution in [2.45, 2.75) is 19.3 Å². The highest BCUT2D eigenvalue weighted by Crippen LogP contribution is 2.51. The molecule has 1 heterocycles. The van der Waals surface area contributed by atoms with Crippen LogP contribution in [0.25, 0.3) is 60.5 Å². The minimum Gasteiger partial charge on any atom is -0.310 e. The Kier molecular flexibility index (Phi) is 6.56. The van der Waals surface area contributed by atoms with Gasteiger partial charge >= 0.3 is 0 Å². The van der Waals surface area contributed by atoms with Gasteiger partial charge in [0.05, 0.1) is 16.7 Å². The molecule has 8 aromatic carbocycles. The summed E-state index contributed by atoms with van der Waals surface area (Å²) < 4.78 is 2.38. The van der Waals surface area contributed by atoms with Gasteiger partial charge in [-0.15, -0.1) is 0 Å². The van der Waals surface area contributed by atoms with Gasteiger partial charge in [-0.05, 0) is 99.4 Å². The smallest absolute Gasteiger partial charge is 0.0541 e. The van der Waals surface area contributed by atoms with Gasteiger partial charge in [0, 0.05) is 38.6 Å². The van der Waals surface area contributed by atoms with E-state index in [1.54, 1.807) is 0 Å². The Balaban J connectivity index is 1.16. The van der Waals surface area contributed by atoms with Crippen molar-refractivity contribution in [3.8, 4) is 27.9 Å². The van der Waals surface area contributed by atoms with Crippen LogP contribution in [0.3, 0.4) is 0 Å². The fourth-order valence-electron chi connectivity index (χ4n) is 8.57. The van der Waals surface area contributed by atoms with Gasteiger partial charge < -0.3 is 9.47 Å². The van der Waals surface area contributed by atoms with Crippen LogP contribution in [0.1, 0.15) is 25.0 Å². The fourth-order valence-corrected chi connectivity index (χ4v) is 8.57. The summed E-state index contributed by atoms with van der Waals surface area (Å²) in [6.45, 7) is 4.71. The molecular weight excluding hydrogens is 617 g/mol. The van der Waals surface area contributed by atoms with E-state index >= 15 is 0 Å². The minimum atomic E-state index is -0.0848. The summed E-state index contributed by atoms with van der Waals surface area (Å²) in [5.74, 6) is 0. The molecule has 51 heavy (non-hydrogen) atoms. The highest BCUT2D eigenvalue weighted by atomic mass is 15.1. The summed E-state index contributed by atoms with van der Waals surface area (Å²) in [5.41, 5.74) is 14.8. The number of hydrogen-bond acceptors (Lipinski definition) is 1. The van der Waals surface area contributed by atoms with E-state index in [-0.39, 0.29) is 5.41 Å². The van der Waals surface area contributed by atoms with Crippen molar-refractivity contribution in [1.29, 1.82) is 0 Å². The third kappa shape index (κ3) is 4.50. The van der Waals surface area contributed by atoms with E-state index in [9.17, 15) is 0 Å². The van der Waals surface area contributed by atoms with E-state index in [1.165, 1.54) is 71.6 Å². The second-order valence-corrected chi connectivity index (χ2v) is 14.2. The van der Waals surface area contributed by atoms with Crippen LogP contribution in [0.15, 0.2) is 182 Å². The third-order valence-corrected chi connectivity index (χ3v) is 11.0. The van der Waals surface area contributed by atoms with E-state index in [4.69, 9.17) is 0 Å². The lowest BCUT2D eigenvalue weighted by Gasteiger charge is -2.29. The van der Waals surface area contributed by atoms with E-state index in [0.717, 1.165) is 17.1 Å². The van der Waals surface area contributed by atoms with Crippen LogP contribution in [0.2, 0.25) is 0 Å². The van der Waals surface area contributed by atoms with E-state index < -0.39 is 0 Å². The molecule has 0 amide bonds. The molecule has 0 N–H and O–H groups in total. The van der Waals surface area contributed by atoms with Gasteiger partial charge in [-0.3, -0.25) is 0 Å². The molecule has 0 fully saturated rings. The first-order valence-corrected chi connectivity index (χ1v) is 17.8. The van der Waals surface area contributed by atoms with Gasteiger partial charge in [0.25, 0.3) is 0 Å². The molecule has 0 radical (unpaired) electrons. The maximum Gasteiger partial charge on any atom is 0.0541 e. The summed E-state index contributed by atoms with van der Waals surface area (Å²) >= 11 is 0. The average molecular weight is 653 g/mol. The summed E-state index contributed by atoms with van der Waals surface area (Å²) in [6.07, 6.45) is 0. The van der Waals surface area contributed by atoms with E-state index in [2.05, 4.69) is 205 Å². The van der Waals surface area contributed by atoms with Gasteiger partial charge in [-0.1, -0.05) is 135 Å². The lowest BCUT2D eigenvalue weighted by Crippen LogP contribution is -2.16. The molecule has 10 rings (SSSR count). The Hall–Kier alpha value is -6.38. The second-order valence-electron chi connectivity index (χ2n) is 14.2. The number of para-hydroxylation sites is 3. The first-order valence-electron chi connectivity index (χ1n) is 17.8. The number of hydrogen-bond donors (Lipinski definition) is 0. The molecule has 1 aromatic heterocycles. The number of fused-ring (bicyclic) bond motifs is 7. The van der Waals surface area contributed by atoms with Crippen LogP contribution in [0.5, 0.6) is 0 Å². The number of anilines is 3. The van der Waals surface area contributed by atoms with Gasteiger partial charge in [-0.2, -0.15) is 0 Å². The Labute approximate surface area is 298 Å². The molecule has 0 unspecified atom stereocenters. The van der Waals surface area contributed by atoms with E-state index in [1.807, 2.05) is 0 Å². The first kappa shape index (κ1) is 29.5. The van der Waals surface area contributed by atoms with Crippen molar-refractivity contribution < 1.29 is 0 Å². The molecule has 0 saturated heterocycles. The molecule has 0 saturated carbocycles. The maximum atomic E-state index is 2.43. The summed E-state index contributed by atoms with van der Waals surface area (Å²) in [7, 11) is 0. The van der Waals surface area contributed by atoms with Crippen LogP contribution in [-0.2, 0) is 5.41 Å². The monoisotopic (exact) mass is 652 g/mol. The zero-order valence-corrected chi connectivity index (χ0v) is 28.7. The van der Waals surface area contributed by atoms with Crippen LogP contribution in [0.4, 0.5) is 17.1 Å². The lowest BCUT2D eigenvalue weighted by atomic mass is 9.82. The van der Waals surface area contributed by atoms with Crippen molar-refractivity contribution in [3.05, 3.63) is 193 Å². The summed E-state index contributed by atoms with van der Waals surface area (Å²) in [4.78, 5) is 2.43. The molecule has 9 aromatic rings. The molecule has 1 aliphatic rings. The third-order valence-electron chi connectivity index (χ3n) is 11.0. The van der Waals surface area contributed by atoms with Crippen molar-refractivity contribution >= 4 is 49.6 Å². The largest absolute Gasteiger partial charge is 0.310 e. The van der Waals surface area contributed by atoms with Gasteiger partial charge in [0.2, 0.25) is 0 Å². The predicted molar refractivity (Wildman–Crippen MR) is 216 cm³/mol. The maximum absolute atomic E-state index is 2.43. The summed E-state index contributed by atoms with van der Waals surface area (Å²) in [5, 5.41) is 4.97. The Morgan fingerprint density at radius 2 is 1.06 bits per heavy atom. The molecule has 0 aliphatic heterocycles. The molecule has 1 aliphatic carbocycles. The van der Waals surface area contributed by atoms with E-state index in [0.29, 0.717) is 0 Å². The minimum absolute atomic E-state index is 0.0848. The first-order chi connectivity index (χ1) is 25.1. The molecular formula is C49H36N2. The van der Waals surface area contributed by atoms with Gasteiger partial charge in [-0.25, -0.2) is 0 Å². The molecule has 0 atom stereocenters. The normalized spacial score (nSPS) is 13.1. The van der Waals surface area contributed by atoms with Gasteiger partial charge in [0.15, 0.2) is 0 Å². The Morgan fingerprint density at radius 3 is 1.92 bits per heavy atom. The zero-order valence-electron chi connectivity index (χ0n) is 28.7. The standard InChI is InChI=1S/C49H36N2/c1-49(2)44-24-11-9-19-39(44)40-29-28-36(32-45(40)49)50(34-15-5-3-6-16-34)46-26-14-22-38-37(21-13-23-41(38)46)33-27-30-48-43(31-33)42-20-10-12-25-47(42)51(48)35-17-7-4-8-18-35/h3-32H,1-2H3. The molecule has 0 spiro atoms. The number of rotatable bonds is 5. The van der Waals surface area contributed by atoms with Crippen LogP contribution < -0.4 is 4.90 Å². The molecule has 2 nitrogen and oxygen atoms in total. The highest BCUT2D eigenvalue weighted by molar-refractivity contribution is 6.12. The zero-order chi connectivity index (χ0) is 34.1. The molecule has 242 valence electrons. The van der Waals surface area contributed by atoms with Crippen LogP contribution >= 0.6 is 0 Å². The second kappa shape index (κ2) is 11.3. The lowest BCUT2D eigenvalue weighted by molar-refractivity contribution is 0.660. The number of aromatic nitrogens is 1. The van der Waals surface area contributed by atoms with Crippen molar-refractivity contribution in [1.82, 2.24) is 4.57 Å². The predicted octanol–water partition coefficient (Wildman–Crippen LogP) is 13.4. The Bertz CT molecular complexity index is 2770. The van der Waals surface area contributed by atoms with Gasteiger partial charge in [0.1, 0.15) is 0 Å². The molecule has 2 heteroatoms. The van der Waals surface area contributed by atoms with Crippen molar-refractivity contribution in [3.63, 3.8) is 0 Å². The Morgan fingerprint density at radius 1 is 0.412 bits per heavy atom. The number of benzene rings is 8. The van der Waals surface area contributed by atoms with Crippen LogP contribution in [-0.4, -0.2) is 4.57 Å². The SMILES string of the molecule is CC1(C)c2ccccc2-c2ccc(N(c3ccccc3)c3cccc4c(-c5ccc6c(c5)c5ccccc5n6-c5ccccc5)cccc34)cc21. The number of nitrogens with zero attached hydrogens (tertiary/aromatic N) is 2. The summed E-state index contributed by atoms with van der Waals surface area (Å²) in [6, 6.07) is 66.6. The van der Waals surface area contributed by atoms with Crippen molar-refractivity contribution in [2.75, 3.05) is 4.90 Å².